The SMILES string of the molecule is c1ccc(-c2cc(-c3ccccc3)cc(-c3nc(-c4ccccc4)nc(-c4cc(-c5ccccc5)c5c(c4)oc4c6ccccc6ccc45)n3)c2)cc1. The Bertz CT molecular complexity index is 2860. The van der Waals surface area contributed by atoms with E-state index in [-0.39, 0.29) is 0 Å². The Morgan fingerprint density at radius 1 is 0.321 bits per heavy atom. The van der Waals surface area contributed by atoms with E-state index in [1.54, 1.807) is 0 Å². The summed E-state index contributed by atoms with van der Waals surface area (Å²) in [5.41, 5.74) is 10.9. The lowest BCUT2D eigenvalue weighted by atomic mass is 9.95. The van der Waals surface area contributed by atoms with Gasteiger partial charge >= 0.3 is 0 Å². The Hall–Kier alpha value is -7.17. The van der Waals surface area contributed by atoms with Gasteiger partial charge in [-0.05, 0) is 75.2 Å². The second-order valence-corrected chi connectivity index (χ2v) is 13.2. The molecular weight excluding hydrogens is 647 g/mol. The van der Waals surface area contributed by atoms with Crippen molar-refractivity contribution in [2.75, 3.05) is 0 Å². The van der Waals surface area contributed by atoms with Crippen molar-refractivity contribution in [1.82, 2.24) is 15.0 Å². The standard InChI is InChI=1S/C49H31N3O/c1-5-15-32(16-6-1)37-27-38(33-17-7-2-8-18-33)29-39(28-37)48-50-47(36-22-11-4-12-23-36)51-49(52-48)40-30-43(34-19-9-3-10-20-34)45-42-26-25-35-21-13-14-24-41(35)46(42)53-44(45)31-40/h1-31H. The maximum atomic E-state index is 6.78. The molecule has 0 bridgehead atoms. The van der Waals surface area contributed by atoms with Crippen molar-refractivity contribution in [3.05, 3.63) is 188 Å². The summed E-state index contributed by atoms with van der Waals surface area (Å²) in [6.07, 6.45) is 0. The number of furan rings is 1. The van der Waals surface area contributed by atoms with Crippen LogP contribution in [0.1, 0.15) is 0 Å². The predicted molar refractivity (Wildman–Crippen MR) is 217 cm³/mol. The van der Waals surface area contributed by atoms with E-state index in [2.05, 4.69) is 140 Å². The smallest absolute Gasteiger partial charge is 0.164 e. The van der Waals surface area contributed by atoms with Crippen molar-refractivity contribution in [2.24, 2.45) is 0 Å². The molecule has 0 aliphatic rings. The minimum Gasteiger partial charge on any atom is -0.455 e. The van der Waals surface area contributed by atoms with Gasteiger partial charge in [-0.1, -0.05) is 152 Å². The molecule has 0 radical (unpaired) electrons. The van der Waals surface area contributed by atoms with E-state index in [1.807, 2.05) is 48.5 Å². The van der Waals surface area contributed by atoms with Gasteiger partial charge in [-0.15, -0.1) is 0 Å². The summed E-state index contributed by atoms with van der Waals surface area (Å²) >= 11 is 0. The lowest BCUT2D eigenvalue weighted by Gasteiger charge is -2.13. The number of hydrogen-bond acceptors (Lipinski definition) is 4. The number of aromatic nitrogens is 3. The van der Waals surface area contributed by atoms with Gasteiger partial charge in [-0.3, -0.25) is 0 Å². The monoisotopic (exact) mass is 677 g/mol. The van der Waals surface area contributed by atoms with E-state index in [9.17, 15) is 0 Å². The van der Waals surface area contributed by atoms with E-state index < -0.39 is 0 Å². The average molecular weight is 678 g/mol. The molecule has 0 spiro atoms. The molecule has 0 N–H and O–H groups in total. The summed E-state index contributed by atoms with van der Waals surface area (Å²) in [5, 5.41) is 4.38. The molecule has 0 fully saturated rings. The molecule has 53 heavy (non-hydrogen) atoms. The van der Waals surface area contributed by atoms with Crippen molar-refractivity contribution in [2.45, 2.75) is 0 Å². The van der Waals surface area contributed by atoms with E-state index in [4.69, 9.17) is 19.4 Å². The van der Waals surface area contributed by atoms with Gasteiger partial charge in [-0.2, -0.15) is 0 Å². The van der Waals surface area contributed by atoms with Gasteiger partial charge in [0.15, 0.2) is 17.5 Å². The fraction of sp³-hybridized carbons (Fsp3) is 0. The lowest BCUT2D eigenvalue weighted by molar-refractivity contribution is 0.673. The van der Waals surface area contributed by atoms with Gasteiger partial charge < -0.3 is 4.42 Å². The molecule has 4 nitrogen and oxygen atoms in total. The predicted octanol–water partition coefficient (Wildman–Crippen LogP) is 12.9. The summed E-state index contributed by atoms with van der Waals surface area (Å²) < 4.78 is 6.78. The third-order valence-corrected chi connectivity index (χ3v) is 9.88. The highest BCUT2D eigenvalue weighted by Gasteiger charge is 2.20. The molecule has 2 aromatic heterocycles. The second-order valence-electron chi connectivity index (χ2n) is 13.2. The third-order valence-electron chi connectivity index (χ3n) is 9.88. The largest absolute Gasteiger partial charge is 0.455 e. The number of benzene rings is 8. The van der Waals surface area contributed by atoms with E-state index in [1.165, 1.54) is 0 Å². The van der Waals surface area contributed by atoms with Crippen LogP contribution in [0.5, 0.6) is 0 Å². The van der Waals surface area contributed by atoms with Gasteiger partial charge in [0.1, 0.15) is 11.2 Å². The normalized spacial score (nSPS) is 11.4. The quantitative estimate of drug-likeness (QED) is 0.176. The molecule has 2 heterocycles. The highest BCUT2D eigenvalue weighted by Crippen LogP contribution is 2.42. The van der Waals surface area contributed by atoms with Crippen molar-refractivity contribution < 1.29 is 4.42 Å². The van der Waals surface area contributed by atoms with Crippen molar-refractivity contribution in [3.8, 4) is 67.5 Å². The maximum Gasteiger partial charge on any atom is 0.164 e. The van der Waals surface area contributed by atoms with Crippen LogP contribution < -0.4 is 0 Å². The van der Waals surface area contributed by atoms with Gasteiger partial charge in [0, 0.05) is 32.8 Å². The number of rotatable bonds is 6. The summed E-state index contributed by atoms with van der Waals surface area (Å²) in [4.78, 5) is 15.5. The van der Waals surface area contributed by atoms with Crippen LogP contribution in [0.4, 0.5) is 0 Å². The Kier molecular flexibility index (Phi) is 7.43. The van der Waals surface area contributed by atoms with Crippen molar-refractivity contribution >= 4 is 32.7 Å². The number of hydrogen-bond donors (Lipinski definition) is 0. The van der Waals surface area contributed by atoms with Crippen LogP contribution in [-0.2, 0) is 0 Å². The molecule has 248 valence electrons. The van der Waals surface area contributed by atoms with Crippen LogP contribution in [0.25, 0.3) is 100 Å². The first-order valence-corrected chi connectivity index (χ1v) is 17.8. The van der Waals surface area contributed by atoms with Crippen LogP contribution in [-0.4, -0.2) is 15.0 Å². The third kappa shape index (κ3) is 5.63. The van der Waals surface area contributed by atoms with E-state index >= 15 is 0 Å². The molecule has 4 heteroatoms. The van der Waals surface area contributed by atoms with Gasteiger partial charge in [0.05, 0.1) is 0 Å². The molecule has 0 aliphatic carbocycles. The molecule has 10 aromatic rings. The van der Waals surface area contributed by atoms with Gasteiger partial charge in [0.2, 0.25) is 0 Å². The maximum absolute atomic E-state index is 6.78. The average Bonchev–Trinajstić information content (AvgIpc) is 3.64. The number of fused-ring (bicyclic) bond motifs is 5. The Morgan fingerprint density at radius 3 is 1.40 bits per heavy atom. The van der Waals surface area contributed by atoms with Crippen molar-refractivity contribution in [1.29, 1.82) is 0 Å². The Balaban J connectivity index is 1.24. The Morgan fingerprint density at radius 2 is 0.792 bits per heavy atom. The molecule has 0 unspecified atom stereocenters. The van der Waals surface area contributed by atoms with E-state index in [0.29, 0.717) is 17.5 Å². The lowest BCUT2D eigenvalue weighted by Crippen LogP contribution is -2.01. The van der Waals surface area contributed by atoms with Gasteiger partial charge in [0.25, 0.3) is 0 Å². The summed E-state index contributed by atoms with van der Waals surface area (Å²) in [6.45, 7) is 0. The second kappa shape index (κ2) is 12.9. The van der Waals surface area contributed by atoms with Gasteiger partial charge in [-0.25, -0.2) is 15.0 Å². The zero-order valence-electron chi connectivity index (χ0n) is 28.6. The molecule has 8 aromatic carbocycles. The first kappa shape index (κ1) is 30.6. The van der Waals surface area contributed by atoms with Crippen LogP contribution in [0, 0.1) is 0 Å². The number of nitrogens with zero attached hydrogens (tertiary/aromatic N) is 3. The van der Waals surface area contributed by atoms with Crippen LogP contribution in [0.3, 0.4) is 0 Å². The fourth-order valence-electron chi connectivity index (χ4n) is 7.31. The van der Waals surface area contributed by atoms with Crippen LogP contribution in [0.15, 0.2) is 192 Å². The molecule has 0 saturated heterocycles. The molecule has 0 amide bonds. The minimum absolute atomic E-state index is 0.574. The molecular formula is C49H31N3O. The highest BCUT2D eigenvalue weighted by atomic mass is 16.3. The summed E-state index contributed by atoms with van der Waals surface area (Å²) in [6, 6.07) is 65.1. The van der Waals surface area contributed by atoms with Crippen LogP contribution in [0.2, 0.25) is 0 Å². The Labute approximate surface area is 306 Å². The molecule has 0 atom stereocenters. The zero-order chi connectivity index (χ0) is 35.1. The molecule has 0 aliphatic heterocycles. The summed E-state index contributed by atoms with van der Waals surface area (Å²) in [7, 11) is 0. The first-order chi connectivity index (χ1) is 26.2. The topological polar surface area (TPSA) is 51.8 Å². The molecule has 0 saturated carbocycles. The summed E-state index contributed by atoms with van der Waals surface area (Å²) in [5.74, 6) is 1.78. The minimum atomic E-state index is 0.574. The fourth-order valence-corrected chi connectivity index (χ4v) is 7.31. The van der Waals surface area contributed by atoms with Crippen LogP contribution >= 0.6 is 0 Å². The highest BCUT2D eigenvalue weighted by molar-refractivity contribution is 6.19. The zero-order valence-corrected chi connectivity index (χ0v) is 28.6. The molecule has 10 rings (SSSR count). The first-order valence-electron chi connectivity index (χ1n) is 17.8. The van der Waals surface area contributed by atoms with Crippen molar-refractivity contribution in [3.63, 3.8) is 0 Å². The van der Waals surface area contributed by atoms with E-state index in [0.717, 1.165) is 82.8 Å².